The second-order valence-corrected chi connectivity index (χ2v) is 14.1. The largest absolute Gasteiger partial charge is 0.497 e. The Kier molecular flexibility index (Phi) is 12.1. The molecule has 0 spiro atoms. The van der Waals surface area contributed by atoms with E-state index in [2.05, 4.69) is 72.8 Å². The fourth-order valence-electron chi connectivity index (χ4n) is 6.36. The summed E-state index contributed by atoms with van der Waals surface area (Å²) in [4.78, 5) is 0. The molecular weight excluding hydrogens is 705 g/mol. The van der Waals surface area contributed by atoms with Crippen molar-refractivity contribution < 1.29 is 32.1 Å². The van der Waals surface area contributed by atoms with Gasteiger partial charge in [0.25, 0.3) is 0 Å². The van der Waals surface area contributed by atoms with Crippen LogP contribution in [0.2, 0.25) is 0 Å². The van der Waals surface area contributed by atoms with Crippen molar-refractivity contribution in [3.63, 3.8) is 0 Å². The van der Waals surface area contributed by atoms with Crippen LogP contribution in [0, 0.1) is 0 Å². The molecule has 0 saturated carbocycles. The Hall–Kier alpha value is -5.22. The lowest BCUT2D eigenvalue weighted by Crippen LogP contribution is -2.28. The lowest BCUT2D eigenvalue weighted by molar-refractivity contribution is 0.414. The minimum absolute atomic E-state index is 0.755. The lowest BCUT2D eigenvalue weighted by atomic mass is 9.84. The van der Waals surface area contributed by atoms with Gasteiger partial charge < -0.3 is 28.4 Å². The van der Waals surface area contributed by atoms with Gasteiger partial charge in [-0.15, -0.1) is 0 Å². The molecule has 0 atom stereocenters. The zero-order valence-electron chi connectivity index (χ0n) is 30.5. The zero-order valence-corrected chi connectivity index (χ0v) is 32.2. The van der Waals surface area contributed by atoms with Crippen LogP contribution < -0.4 is 28.4 Å². The van der Waals surface area contributed by atoms with Crippen LogP contribution in [0.3, 0.4) is 0 Å². The fourth-order valence-corrected chi connectivity index (χ4v) is 8.71. The molecule has 6 aromatic rings. The summed E-state index contributed by atoms with van der Waals surface area (Å²) in [6.07, 6.45) is 0. The van der Waals surface area contributed by atoms with Crippen molar-refractivity contribution in [2.24, 2.45) is 0 Å². The van der Waals surface area contributed by atoms with E-state index in [0.717, 1.165) is 67.9 Å². The van der Waals surface area contributed by atoms with Gasteiger partial charge in [0.05, 0.1) is 42.7 Å². The van der Waals surface area contributed by atoms with Crippen LogP contribution in [0.5, 0.6) is 34.5 Å². The van der Waals surface area contributed by atoms with Gasteiger partial charge >= 0.3 is 0 Å². The fraction of sp³-hybridized carbons (Fsp3) is 0.182. The quantitative estimate of drug-likeness (QED) is 0.0711. The highest BCUT2D eigenvalue weighted by Crippen LogP contribution is 2.56. The van der Waals surface area contributed by atoms with Gasteiger partial charge in [0.2, 0.25) is 0 Å². The topological polar surface area (TPSA) is 64.6 Å². The Morgan fingerprint density at radius 3 is 0.547 bits per heavy atom. The molecule has 0 fully saturated rings. The van der Waals surface area contributed by atoms with Crippen LogP contribution in [0.15, 0.2) is 146 Å². The average molecular weight is 747 g/mol. The Morgan fingerprint density at radius 1 is 0.264 bits per heavy atom. The van der Waals surface area contributed by atoms with Gasteiger partial charge in [0.15, 0.2) is 0 Å². The van der Waals surface area contributed by atoms with E-state index in [1.54, 1.807) is 42.7 Å². The van der Waals surface area contributed by atoms with E-state index in [1.807, 2.05) is 72.8 Å². The number of rotatable bonds is 16. The first-order chi connectivity index (χ1) is 25.9. The minimum atomic E-state index is -0.858. The Labute approximate surface area is 320 Å². The predicted molar refractivity (Wildman–Crippen MR) is 214 cm³/mol. The molecule has 0 aliphatic rings. The second kappa shape index (κ2) is 17.1. The molecule has 0 aliphatic carbocycles. The van der Waals surface area contributed by atoms with Gasteiger partial charge in [0.1, 0.15) is 44.0 Å². The molecule has 0 aromatic heterocycles. The molecule has 0 N–H and O–H groups in total. The van der Waals surface area contributed by atoms with E-state index in [9.17, 15) is 0 Å². The standard InChI is InChI=1S/C44H42O7S2/c1-45-37-19-7-31(8-20-37)43(32-9-21-38(46-2)22-10-32,33-11-23-39(47-3)24-12-33)52-51-53-44(34-13-25-40(48-4)26-14-34,35-15-27-41(49-5)28-16-35)36-17-29-42(50-6)30-18-36/h7-30H,1-6H3. The Morgan fingerprint density at radius 2 is 0.415 bits per heavy atom. The van der Waals surface area contributed by atoms with Gasteiger partial charge in [-0.1, -0.05) is 72.8 Å². The molecule has 272 valence electrons. The van der Waals surface area contributed by atoms with Crippen molar-refractivity contribution in [1.29, 1.82) is 0 Å². The molecule has 0 saturated heterocycles. The number of hydrogen-bond donors (Lipinski definition) is 0. The summed E-state index contributed by atoms with van der Waals surface area (Å²) in [5, 5.41) is 0. The first kappa shape index (κ1) is 37.5. The van der Waals surface area contributed by atoms with E-state index in [4.69, 9.17) is 32.1 Å². The van der Waals surface area contributed by atoms with Crippen LogP contribution in [-0.2, 0) is 13.1 Å². The maximum Gasteiger partial charge on any atom is 0.118 e. The normalized spacial score (nSPS) is 11.4. The third kappa shape index (κ3) is 7.64. The van der Waals surface area contributed by atoms with Crippen LogP contribution in [0.25, 0.3) is 0 Å². The summed E-state index contributed by atoms with van der Waals surface area (Å²) >= 11 is 2.74. The summed E-state index contributed by atoms with van der Waals surface area (Å²) in [6, 6.07) is 48.7. The molecule has 0 unspecified atom stereocenters. The summed E-state index contributed by atoms with van der Waals surface area (Å²) in [5.74, 6) is 4.53. The van der Waals surface area contributed by atoms with E-state index in [1.165, 1.54) is 24.1 Å². The molecule has 6 rings (SSSR count). The van der Waals surface area contributed by atoms with Gasteiger partial charge in [0, 0.05) is 24.1 Å². The molecule has 9 heteroatoms. The maximum atomic E-state index is 7.08. The number of ether oxygens (including phenoxy) is 6. The molecule has 0 amide bonds. The number of hydrogen-bond acceptors (Lipinski definition) is 9. The van der Waals surface area contributed by atoms with Crippen LogP contribution in [0.4, 0.5) is 0 Å². The lowest BCUT2D eigenvalue weighted by Gasteiger charge is -2.37. The predicted octanol–water partition coefficient (Wildman–Crippen LogP) is 10.3. The number of benzene rings is 6. The molecule has 0 radical (unpaired) electrons. The first-order valence-corrected chi connectivity index (χ1v) is 18.3. The summed E-state index contributed by atoms with van der Waals surface area (Å²) in [7, 11) is 10.0. The van der Waals surface area contributed by atoms with Gasteiger partial charge in [-0.05, 0) is 106 Å². The van der Waals surface area contributed by atoms with Gasteiger partial charge in [-0.3, -0.25) is 0 Å². The molecule has 7 nitrogen and oxygen atoms in total. The van der Waals surface area contributed by atoms with Crippen molar-refractivity contribution in [1.82, 2.24) is 0 Å². The molecule has 6 aromatic carbocycles. The summed E-state index contributed by atoms with van der Waals surface area (Å²) in [5.41, 5.74) is 5.93. The summed E-state index contributed by atoms with van der Waals surface area (Å²) < 4.78 is 38.8. The van der Waals surface area contributed by atoms with E-state index in [0.29, 0.717) is 0 Å². The van der Waals surface area contributed by atoms with Gasteiger partial charge in [-0.25, -0.2) is 3.63 Å². The molecule has 0 bridgehead atoms. The van der Waals surface area contributed by atoms with E-state index in [-0.39, 0.29) is 0 Å². The highest BCUT2D eigenvalue weighted by atomic mass is 32.2. The Balaban J connectivity index is 1.55. The zero-order chi connectivity index (χ0) is 37.3. The molecule has 53 heavy (non-hydrogen) atoms. The Bertz CT molecular complexity index is 1650. The second-order valence-electron chi connectivity index (χ2n) is 12.0. The van der Waals surface area contributed by atoms with Crippen LogP contribution in [-0.4, -0.2) is 42.7 Å². The maximum absolute atomic E-state index is 7.08. The smallest absolute Gasteiger partial charge is 0.118 e. The first-order valence-electron chi connectivity index (χ1n) is 16.8. The van der Waals surface area contributed by atoms with Crippen LogP contribution in [0.1, 0.15) is 33.4 Å². The van der Waals surface area contributed by atoms with Crippen molar-refractivity contribution >= 4 is 24.1 Å². The van der Waals surface area contributed by atoms with Crippen LogP contribution >= 0.6 is 24.1 Å². The van der Waals surface area contributed by atoms with Crippen molar-refractivity contribution in [2.75, 3.05) is 42.7 Å². The minimum Gasteiger partial charge on any atom is -0.497 e. The van der Waals surface area contributed by atoms with Crippen molar-refractivity contribution in [3.05, 3.63) is 179 Å². The third-order valence-electron chi connectivity index (χ3n) is 9.30. The monoisotopic (exact) mass is 746 g/mol. The van der Waals surface area contributed by atoms with E-state index < -0.39 is 9.49 Å². The van der Waals surface area contributed by atoms with Crippen molar-refractivity contribution in [2.45, 2.75) is 9.49 Å². The van der Waals surface area contributed by atoms with E-state index >= 15 is 0 Å². The highest BCUT2D eigenvalue weighted by molar-refractivity contribution is 8.09. The summed E-state index contributed by atoms with van der Waals surface area (Å²) in [6.45, 7) is 0. The van der Waals surface area contributed by atoms with Gasteiger partial charge in [-0.2, -0.15) is 0 Å². The molecular formula is C44H42O7S2. The average Bonchev–Trinajstić information content (AvgIpc) is 3.24. The highest BCUT2D eigenvalue weighted by Gasteiger charge is 2.43. The van der Waals surface area contributed by atoms with Crippen molar-refractivity contribution in [3.8, 4) is 34.5 Å². The third-order valence-corrected chi connectivity index (χ3v) is 11.8. The molecule has 0 heterocycles. The molecule has 0 aliphatic heterocycles. The SMILES string of the molecule is COc1ccc(C(SOSC(c2ccc(OC)cc2)(c2ccc(OC)cc2)c2ccc(OC)cc2)(c2ccc(OC)cc2)c2ccc(OC)cc2)cc1. The number of methoxy groups -OCH3 is 6.